The van der Waals surface area contributed by atoms with Gasteiger partial charge in [0.05, 0.1) is 0 Å². The Kier molecular flexibility index (Phi) is 19.7. The Morgan fingerprint density at radius 3 is 1.52 bits per heavy atom. The predicted molar refractivity (Wildman–Crippen MR) is 101 cm³/mol. The average molecular weight is 307 g/mol. The first kappa shape index (κ1) is 23.1. The molecule has 0 atom stereocenters. The number of nitrogens with zero attached hydrogens (tertiary/aromatic N) is 2. The Morgan fingerprint density at radius 1 is 0.810 bits per heavy atom. The third kappa shape index (κ3) is 13.2. The largest absolute Gasteiger partial charge is 0.314 e. The SMILES string of the molecule is CC.CC.CCN1CCNCCN(C(C)C)CCNCC1.[HH].[HH]. The summed E-state index contributed by atoms with van der Waals surface area (Å²) in [7, 11) is 0. The first-order valence-electron chi connectivity index (χ1n) is 9.12. The molecule has 1 fully saturated rings. The summed E-state index contributed by atoms with van der Waals surface area (Å²) in [5.41, 5.74) is 0. The van der Waals surface area contributed by atoms with E-state index in [1.54, 1.807) is 0 Å². The van der Waals surface area contributed by atoms with Gasteiger partial charge in [0.1, 0.15) is 0 Å². The number of nitrogens with one attached hydrogen (secondary N) is 2. The van der Waals surface area contributed by atoms with Gasteiger partial charge in [0, 0.05) is 61.3 Å². The molecule has 0 saturated carbocycles. The minimum absolute atomic E-state index is 0. The van der Waals surface area contributed by atoms with Gasteiger partial charge in [0.2, 0.25) is 0 Å². The van der Waals surface area contributed by atoms with Crippen molar-refractivity contribution in [2.75, 3.05) is 58.9 Å². The van der Waals surface area contributed by atoms with E-state index in [4.69, 9.17) is 0 Å². The van der Waals surface area contributed by atoms with Gasteiger partial charge in [-0.05, 0) is 20.4 Å². The highest BCUT2D eigenvalue weighted by Gasteiger charge is 2.09. The van der Waals surface area contributed by atoms with Gasteiger partial charge in [-0.25, -0.2) is 0 Å². The molecule has 4 heteroatoms. The molecule has 2 N–H and O–H groups in total. The molecule has 0 unspecified atom stereocenters. The molecule has 1 aliphatic rings. The van der Waals surface area contributed by atoms with Crippen LogP contribution in [0.15, 0.2) is 0 Å². The van der Waals surface area contributed by atoms with Crippen molar-refractivity contribution in [1.29, 1.82) is 0 Å². The molecule has 134 valence electrons. The molecule has 1 rings (SSSR count). The van der Waals surface area contributed by atoms with Crippen LogP contribution in [0.2, 0.25) is 0 Å². The second-order valence-electron chi connectivity index (χ2n) is 5.06. The van der Waals surface area contributed by atoms with E-state index < -0.39 is 0 Å². The second kappa shape index (κ2) is 17.9. The zero-order chi connectivity index (χ0) is 16.5. The quantitative estimate of drug-likeness (QED) is 0.821. The van der Waals surface area contributed by atoms with Crippen molar-refractivity contribution in [3.05, 3.63) is 0 Å². The zero-order valence-corrected chi connectivity index (χ0v) is 15.8. The maximum atomic E-state index is 3.55. The van der Waals surface area contributed by atoms with E-state index in [-0.39, 0.29) is 2.85 Å². The molecule has 0 spiro atoms. The summed E-state index contributed by atoms with van der Waals surface area (Å²) in [5.74, 6) is 0. The van der Waals surface area contributed by atoms with Crippen LogP contribution in [0.3, 0.4) is 0 Å². The van der Waals surface area contributed by atoms with Crippen molar-refractivity contribution in [3.63, 3.8) is 0 Å². The van der Waals surface area contributed by atoms with E-state index in [1.807, 2.05) is 27.7 Å². The molecule has 0 radical (unpaired) electrons. The van der Waals surface area contributed by atoms with Gasteiger partial charge in [-0.15, -0.1) is 0 Å². The van der Waals surface area contributed by atoms with Crippen LogP contribution in [-0.2, 0) is 0 Å². The molecule has 0 amide bonds. The molecule has 0 aliphatic carbocycles. The summed E-state index contributed by atoms with van der Waals surface area (Å²) in [4.78, 5) is 5.04. The first-order valence-corrected chi connectivity index (χ1v) is 9.12. The van der Waals surface area contributed by atoms with Crippen molar-refractivity contribution < 1.29 is 2.85 Å². The highest BCUT2D eigenvalue weighted by molar-refractivity contribution is 4.68. The minimum Gasteiger partial charge on any atom is -0.314 e. The number of hydrogen-bond donors (Lipinski definition) is 2. The molecule has 0 bridgehead atoms. The first-order chi connectivity index (χ1) is 10.2. The summed E-state index contributed by atoms with van der Waals surface area (Å²) in [6.07, 6.45) is 0. The smallest absolute Gasteiger partial charge is 0.0110 e. The van der Waals surface area contributed by atoms with E-state index in [0.717, 1.165) is 45.8 Å². The van der Waals surface area contributed by atoms with Crippen LogP contribution in [0.25, 0.3) is 0 Å². The van der Waals surface area contributed by atoms with Crippen molar-refractivity contribution in [2.24, 2.45) is 0 Å². The highest BCUT2D eigenvalue weighted by atomic mass is 15.2. The monoisotopic (exact) mass is 306 g/mol. The van der Waals surface area contributed by atoms with Crippen molar-refractivity contribution in [3.8, 4) is 0 Å². The molecule has 0 aromatic carbocycles. The molecule has 0 aromatic heterocycles. The molecule has 0 aromatic rings. The van der Waals surface area contributed by atoms with E-state index in [9.17, 15) is 0 Å². The van der Waals surface area contributed by atoms with Gasteiger partial charge in [0.25, 0.3) is 0 Å². The van der Waals surface area contributed by atoms with Crippen molar-refractivity contribution in [1.82, 2.24) is 20.4 Å². The van der Waals surface area contributed by atoms with E-state index in [2.05, 4.69) is 41.2 Å². The van der Waals surface area contributed by atoms with Crippen LogP contribution in [0, 0.1) is 0 Å². The van der Waals surface area contributed by atoms with Crippen LogP contribution in [-0.4, -0.2) is 74.7 Å². The summed E-state index contributed by atoms with van der Waals surface area (Å²) >= 11 is 0. The van der Waals surface area contributed by atoms with Gasteiger partial charge in [-0.3, -0.25) is 4.90 Å². The Bertz CT molecular complexity index is 181. The predicted octanol–water partition coefficient (Wildman–Crippen LogP) is 2.76. The van der Waals surface area contributed by atoms with Crippen LogP contribution in [0.4, 0.5) is 0 Å². The fraction of sp³-hybridized carbons (Fsp3) is 1.00. The highest BCUT2D eigenvalue weighted by Crippen LogP contribution is 1.96. The third-order valence-corrected chi connectivity index (χ3v) is 3.54. The normalized spacial score (nSPS) is 19.4. The van der Waals surface area contributed by atoms with Gasteiger partial charge in [-0.2, -0.15) is 0 Å². The molecule has 4 nitrogen and oxygen atoms in total. The lowest BCUT2D eigenvalue weighted by Gasteiger charge is -2.28. The van der Waals surface area contributed by atoms with Gasteiger partial charge in [0.15, 0.2) is 0 Å². The molecule has 1 aliphatic heterocycles. The topological polar surface area (TPSA) is 30.5 Å². The molecular formula is C17H46N4. The average Bonchev–Trinajstić information content (AvgIpc) is 2.51. The molecule has 1 saturated heterocycles. The van der Waals surface area contributed by atoms with Gasteiger partial charge < -0.3 is 15.5 Å². The standard InChI is InChI=1S/C13H30N4.2C2H6.2H2/c1-4-16-9-5-14-7-11-17(13(2)3)12-8-15-6-10-16;2*1-2;;/h13-15H,4-12H2,1-3H3;2*1-2H3;2*1H. The molecule has 21 heavy (non-hydrogen) atoms. The summed E-state index contributed by atoms with van der Waals surface area (Å²) in [6.45, 7) is 25.0. The van der Waals surface area contributed by atoms with Crippen molar-refractivity contribution in [2.45, 2.75) is 54.5 Å². The Hall–Kier alpha value is -0.160. The lowest BCUT2D eigenvalue weighted by Crippen LogP contribution is -2.45. The fourth-order valence-corrected chi connectivity index (χ4v) is 2.23. The second-order valence-corrected chi connectivity index (χ2v) is 5.06. The number of rotatable bonds is 2. The third-order valence-electron chi connectivity index (χ3n) is 3.54. The zero-order valence-electron chi connectivity index (χ0n) is 15.8. The lowest BCUT2D eigenvalue weighted by atomic mass is 10.3. The van der Waals surface area contributed by atoms with E-state index in [0.29, 0.717) is 6.04 Å². The minimum atomic E-state index is 0. The van der Waals surface area contributed by atoms with Gasteiger partial charge >= 0.3 is 0 Å². The maximum Gasteiger partial charge on any atom is 0.0110 e. The Morgan fingerprint density at radius 2 is 1.19 bits per heavy atom. The van der Waals surface area contributed by atoms with E-state index in [1.165, 1.54) is 13.1 Å². The van der Waals surface area contributed by atoms with Gasteiger partial charge in [-0.1, -0.05) is 34.6 Å². The summed E-state index contributed by atoms with van der Waals surface area (Å²) in [5, 5.41) is 7.10. The van der Waals surface area contributed by atoms with Crippen LogP contribution in [0.1, 0.15) is 51.3 Å². The molecular weight excluding hydrogens is 260 g/mol. The summed E-state index contributed by atoms with van der Waals surface area (Å²) in [6, 6.07) is 0.647. The Balaban J connectivity index is -0.000000278. The fourth-order valence-electron chi connectivity index (χ4n) is 2.23. The number of likely N-dealkylation sites (N-methyl/N-ethyl adjacent to an activating group) is 1. The summed E-state index contributed by atoms with van der Waals surface area (Å²) < 4.78 is 0. The van der Waals surface area contributed by atoms with Crippen LogP contribution >= 0.6 is 0 Å². The lowest BCUT2D eigenvalue weighted by molar-refractivity contribution is 0.211. The molecule has 1 heterocycles. The number of hydrogen-bond acceptors (Lipinski definition) is 4. The van der Waals surface area contributed by atoms with Crippen LogP contribution < -0.4 is 10.6 Å². The van der Waals surface area contributed by atoms with Crippen molar-refractivity contribution >= 4 is 0 Å². The van der Waals surface area contributed by atoms with Crippen LogP contribution in [0.5, 0.6) is 0 Å². The maximum absolute atomic E-state index is 3.55. The Labute approximate surface area is 137 Å². The van der Waals surface area contributed by atoms with E-state index >= 15 is 0 Å².